The molecule has 0 bridgehead atoms. The number of carbonyl (C=O) groups is 1. The number of aryl methyl sites for hydroxylation is 2. The van der Waals surface area contributed by atoms with Gasteiger partial charge in [-0.15, -0.1) is 0 Å². The highest BCUT2D eigenvalue weighted by Crippen LogP contribution is 2.30. The summed E-state index contributed by atoms with van der Waals surface area (Å²) in [7, 11) is -3.99. The summed E-state index contributed by atoms with van der Waals surface area (Å²) >= 11 is 0. The number of aliphatic carboxylic acids is 1. The molecule has 2 aromatic carbocycles. The lowest BCUT2D eigenvalue weighted by atomic mass is 10.1. The third-order valence-electron chi connectivity index (χ3n) is 3.61. The van der Waals surface area contributed by atoms with Gasteiger partial charge in [0.2, 0.25) is 0 Å². The van der Waals surface area contributed by atoms with Gasteiger partial charge in [0.15, 0.2) is 0 Å². The lowest BCUT2D eigenvalue weighted by Crippen LogP contribution is -2.43. The van der Waals surface area contributed by atoms with Crippen LogP contribution in [0.5, 0.6) is 0 Å². The van der Waals surface area contributed by atoms with Gasteiger partial charge >= 0.3 is 5.97 Å². The summed E-state index contributed by atoms with van der Waals surface area (Å²) in [6.45, 7) is 4.96. The maximum absolute atomic E-state index is 13.0. The van der Waals surface area contributed by atoms with Crippen molar-refractivity contribution < 1.29 is 18.3 Å². The van der Waals surface area contributed by atoms with E-state index >= 15 is 0 Å². The molecule has 0 aromatic heterocycles. The highest BCUT2D eigenvalue weighted by atomic mass is 32.2. The molecule has 0 aliphatic rings. The predicted molar refractivity (Wildman–Crippen MR) is 89.1 cm³/mol. The van der Waals surface area contributed by atoms with Crippen LogP contribution in [0.15, 0.2) is 53.4 Å². The van der Waals surface area contributed by atoms with Gasteiger partial charge in [0.1, 0.15) is 6.04 Å². The van der Waals surface area contributed by atoms with Crippen molar-refractivity contribution in [1.29, 1.82) is 0 Å². The number of hydrogen-bond donors (Lipinski definition) is 1. The molecule has 6 heteroatoms. The van der Waals surface area contributed by atoms with Gasteiger partial charge in [-0.25, -0.2) is 13.2 Å². The van der Waals surface area contributed by atoms with E-state index < -0.39 is 22.0 Å². The van der Waals surface area contributed by atoms with Gasteiger partial charge in [-0.05, 0) is 50.1 Å². The van der Waals surface area contributed by atoms with Crippen LogP contribution in [0.25, 0.3) is 0 Å². The van der Waals surface area contributed by atoms with Gasteiger partial charge < -0.3 is 5.11 Å². The Hall–Kier alpha value is -2.34. The maximum Gasteiger partial charge on any atom is 0.327 e. The zero-order valence-corrected chi connectivity index (χ0v) is 14.0. The smallest absolute Gasteiger partial charge is 0.327 e. The van der Waals surface area contributed by atoms with Gasteiger partial charge in [-0.3, -0.25) is 4.31 Å². The molecule has 0 saturated heterocycles. The zero-order chi connectivity index (χ0) is 17.2. The van der Waals surface area contributed by atoms with Crippen molar-refractivity contribution in [2.75, 3.05) is 4.31 Å². The Bertz CT molecular complexity index is 816. The molecule has 0 heterocycles. The molecule has 1 atom stereocenters. The van der Waals surface area contributed by atoms with Crippen molar-refractivity contribution in [3.05, 3.63) is 59.7 Å². The molecule has 5 nitrogen and oxygen atoms in total. The lowest BCUT2D eigenvalue weighted by Gasteiger charge is -2.29. The molecular formula is C17H19NO4S. The van der Waals surface area contributed by atoms with Crippen LogP contribution in [-0.2, 0) is 14.8 Å². The van der Waals surface area contributed by atoms with Crippen molar-refractivity contribution in [1.82, 2.24) is 0 Å². The minimum Gasteiger partial charge on any atom is -0.480 e. The van der Waals surface area contributed by atoms with Crippen molar-refractivity contribution in [3.8, 4) is 0 Å². The van der Waals surface area contributed by atoms with Crippen molar-refractivity contribution in [3.63, 3.8) is 0 Å². The van der Waals surface area contributed by atoms with Crippen LogP contribution in [0.4, 0.5) is 5.69 Å². The average molecular weight is 333 g/mol. The summed E-state index contributed by atoms with van der Waals surface area (Å²) in [5, 5.41) is 9.38. The van der Waals surface area contributed by atoms with E-state index in [-0.39, 0.29) is 4.90 Å². The molecule has 2 rings (SSSR count). The third kappa shape index (κ3) is 3.37. The summed E-state index contributed by atoms with van der Waals surface area (Å²) in [4.78, 5) is 11.5. The highest BCUT2D eigenvalue weighted by Gasteiger charge is 2.34. The first-order valence-electron chi connectivity index (χ1n) is 7.14. The summed E-state index contributed by atoms with van der Waals surface area (Å²) < 4.78 is 27.0. The molecule has 0 aliphatic heterocycles. The van der Waals surface area contributed by atoms with Crippen molar-refractivity contribution in [2.24, 2.45) is 0 Å². The molecule has 23 heavy (non-hydrogen) atoms. The topological polar surface area (TPSA) is 74.7 Å². The summed E-state index contributed by atoms with van der Waals surface area (Å²) in [5.41, 5.74) is 1.93. The van der Waals surface area contributed by atoms with Crippen LogP contribution >= 0.6 is 0 Å². The largest absolute Gasteiger partial charge is 0.480 e. The quantitative estimate of drug-likeness (QED) is 0.913. The van der Waals surface area contributed by atoms with E-state index in [9.17, 15) is 18.3 Å². The second-order valence-electron chi connectivity index (χ2n) is 5.42. The normalized spacial score (nSPS) is 12.7. The Morgan fingerprint density at radius 1 is 1.09 bits per heavy atom. The minimum absolute atomic E-state index is 0.0639. The van der Waals surface area contributed by atoms with Crippen molar-refractivity contribution in [2.45, 2.75) is 31.7 Å². The highest BCUT2D eigenvalue weighted by molar-refractivity contribution is 7.93. The monoisotopic (exact) mass is 333 g/mol. The van der Waals surface area contributed by atoms with E-state index in [0.717, 1.165) is 9.87 Å². The Morgan fingerprint density at radius 2 is 1.70 bits per heavy atom. The lowest BCUT2D eigenvalue weighted by molar-refractivity contribution is -0.137. The minimum atomic E-state index is -3.99. The number of anilines is 1. The zero-order valence-electron chi connectivity index (χ0n) is 13.2. The maximum atomic E-state index is 13.0. The Labute approximate surface area is 136 Å². The van der Waals surface area contributed by atoms with Crippen LogP contribution in [0.3, 0.4) is 0 Å². The summed E-state index contributed by atoms with van der Waals surface area (Å²) in [6.07, 6.45) is 0. The van der Waals surface area contributed by atoms with Crippen LogP contribution in [0, 0.1) is 13.8 Å². The Morgan fingerprint density at radius 3 is 2.26 bits per heavy atom. The fourth-order valence-electron chi connectivity index (χ4n) is 2.31. The number of benzene rings is 2. The molecule has 0 fully saturated rings. The average Bonchev–Trinajstić information content (AvgIpc) is 2.51. The van der Waals surface area contributed by atoms with Gasteiger partial charge in [0.05, 0.1) is 10.6 Å². The predicted octanol–water partition coefficient (Wildman–Crippen LogP) is 2.97. The van der Waals surface area contributed by atoms with Crippen LogP contribution < -0.4 is 4.31 Å². The first-order chi connectivity index (χ1) is 10.7. The molecule has 1 unspecified atom stereocenters. The second-order valence-corrected chi connectivity index (χ2v) is 7.23. The number of hydrogen-bond acceptors (Lipinski definition) is 3. The Balaban J connectivity index is 2.69. The number of carboxylic acids is 1. The Kier molecular flexibility index (Phi) is 4.75. The van der Waals surface area contributed by atoms with Crippen LogP contribution in [-0.4, -0.2) is 25.5 Å². The van der Waals surface area contributed by atoms with Gasteiger partial charge in [-0.1, -0.05) is 30.3 Å². The molecule has 1 N–H and O–H groups in total. The molecule has 122 valence electrons. The van der Waals surface area contributed by atoms with E-state index in [1.165, 1.54) is 19.1 Å². The number of nitrogens with zero attached hydrogens (tertiary/aromatic N) is 1. The van der Waals surface area contributed by atoms with Gasteiger partial charge in [0.25, 0.3) is 10.0 Å². The standard InChI is InChI=1S/C17H19NO4S/c1-12-9-10-13(2)16(11-12)18(14(3)17(19)20)23(21,22)15-7-5-4-6-8-15/h4-11,14H,1-3H3,(H,19,20). The molecule has 0 amide bonds. The fraction of sp³-hybridized carbons (Fsp3) is 0.235. The summed E-state index contributed by atoms with van der Waals surface area (Å²) in [5.74, 6) is -1.20. The molecule has 0 aliphatic carbocycles. The molecule has 0 saturated carbocycles. The van der Waals surface area contributed by atoms with Crippen molar-refractivity contribution >= 4 is 21.7 Å². The van der Waals surface area contributed by atoms with Crippen LogP contribution in [0.2, 0.25) is 0 Å². The SMILES string of the molecule is Cc1ccc(C)c(N(C(C)C(=O)O)S(=O)(=O)c2ccccc2)c1. The fourth-order valence-corrected chi connectivity index (χ4v) is 4.00. The molecule has 0 radical (unpaired) electrons. The molecule has 2 aromatic rings. The van der Waals surface area contributed by atoms with E-state index in [1.54, 1.807) is 37.3 Å². The summed E-state index contributed by atoms with van der Waals surface area (Å²) in [6, 6.07) is 12.0. The van der Waals surface area contributed by atoms with Gasteiger partial charge in [-0.2, -0.15) is 0 Å². The number of rotatable bonds is 5. The third-order valence-corrected chi connectivity index (χ3v) is 5.51. The molecular weight excluding hydrogens is 314 g/mol. The first-order valence-corrected chi connectivity index (χ1v) is 8.58. The van der Waals surface area contributed by atoms with E-state index in [2.05, 4.69) is 0 Å². The number of sulfonamides is 1. The van der Waals surface area contributed by atoms with E-state index in [0.29, 0.717) is 11.3 Å². The molecule has 0 spiro atoms. The van der Waals surface area contributed by atoms with Gasteiger partial charge in [0, 0.05) is 0 Å². The second kappa shape index (κ2) is 6.42. The van der Waals surface area contributed by atoms with E-state index in [1.807, 2.05) is 13.0 Å². The van der Waals surface area contributed by atoms with E-state index in [4.69, 9.17) is 0 Å². The van der Waals surface area contributed by atoms with Crippen LogP contribution in [0.1, 0.15) is 18.1 Å². The first kappa shape index (κ1) is 17.0. The number of carboxylic acid groups (broad SMARTS) is 1.